The highest BCUT2D eigenvalue weighted by Crippen LogP contribution is 2.24. The average Bonchev–Trinajstić information content (AvgIpc) is 0.892. The molecule has 0 aromatic rings. The first-order valence-electron chi connectivity index (χ1n) is 64.6. The minimum Gasteiger partial charge on any atom is -0.464 e. The Morgan fingerprint density at radius 1 is 0.139 bits per heavy atom. The number of ether oxygens (including phenoxy) is 6. The van der Waals surface area contributed by atoms with Crippen LogP contribution in [0.4, 0.5) is 0 Å². The quantitative estimate of drug-likeness (QED) is 0.0244. The number of carbonyl (C=O) groups excluding carboxylic acids is 6. The second-order valence-corrected chi connectivity index (χ2v) is 45.4. The van der Waals surface area contributed by atoms with Crippen LogP contribution in [0.5, 0.6) is 0 Å². The number of hydrogen-bond acceptors (Lipinski definition) is 14. The highest BCUT2D eigenvalue weighted by molar-refractivity contribution is 5.71. The standard InChI is InChI=1S/2C64H127N2O6/c1-6-10-14-18-22-26-27-28-29-30-31-32-36-40-44-48-56-66(5,58-61-72-64(69)52-47-43-39-35-25-21-17-13-9-4)57-49-53-65(54-59-70-62(67)50-45-41-37-33-23-19-15-11-7-2)55-60-71-63(68)51-46-42-38-34-24-20-16-12-8-3;1-6-10-14-18-22-26-27-28-29-30-31-32-36-40-44-48-53-65(55-59-70-62(67)50-45-41-37-33-23-19-15-11-7-2)54-49-56-66(5,57-60-71-63(68)51-46-42-38-34-24-20-16-12-8-3)58-61-72-64(69)52-47-43-39-35-25-21-17-13-9-4/h2*6-61H2,1-5H3/q2*+1. The third kappa shape index (κ3) is 113. The number of hydrogen-bond donors (Lipinski definition) is 0. The molecule has 0 aliphatic heterocycles. The minimum absolute atomic E-state index is 0.0437. The summed E-state index contributed by atoms with van der Waals surface area (Å²) in [5, 5.41) is 0. The van der Waals surface area contributed by atoms with E-state index in [-0.39, 0.29) is 35.8 Å². The summed E-state index contributed by atoms with van der Waals surface area (Å²) in [5.41, 5.74) is 0. The molecule has 0 saturated carbocycles. The Kier molecular flexibility index (Phi) is 117. The topological polar surface area (TPSA) is 164 Å². The molecule has 0 aromatic carbocycles. The number of esters is 6. The van der Waals surface area contributed by atoms with Crippen molar-refractivity contribution in [3.8, 4) is 0 Å². The van der Waals surface area contributed by atoms with E-state index in [4.69, 9.17) is 28.4 Å². The van der Waals surface area contributed by atoms with E-state index in [1.165, 1.54) is 475 Å². The van der Waals surface area contributed by atoms with Crippen molar-refractivity contribution < 1.29 is 66.2 Å². The number of unbranched alkanes of at least 4 members (excludes halogenated alkanes) is 78. The molecule has 0 saturated heterocycles. The molecule has 0 N–H and O–H groups in total. The highest BCUT2D eigenvalue weighted by atomic mass is 16.6. The minimum atomic E-state index is -0.0966. The molecule has 0 rings (SSSR count). The maximum atomic E-state index is 12.8. The van der Waals surface area contributed by atoms with E-state index in [2.05, 4.69) is 79.3 Å². The summed E-state index contributed by atoms with van der Waals surface area (Å²) in [6, 6.07) is 0. The molecule has 16 nitrogen and oxygen atoms in total. The van der Waals surface area contributed by atoms with Crippen molar-refractivity contribution in [2.45, 2.75) is 659 Å². The Labute approximate surface area is 897 Å². The number of likely N-dealkylation sites (N-methyl/N-ethyl adjacent to an activating group) is 2. The Balaban J connectivity index is 0. The summed E-state index contributed by atoms with van der Waals surface area (Å²) in [5.74, 6) is -0.466. The number of rotatable bonds is 120. The van der Waals surface area contributed by atoms with E-state index < -0.39 is 0 Å². The lowest BCUT2D eigenvalue weighted by Crippen LogP contribution is -2.50. The predicted octanol–water partition coefficient (Wildman–Crippen LogP) is 37.6. The Hall–Kier alpha value is -3.34. The molecule has 0 amide bonds. The summed E-state index contributed by atoms with van der Waals surface area (Å²) in [6.45, 7) is 30.6. The molecule has 0 radical (unpaired) electrons. The van der Waals surface area contributed by atoms with Crippen LogP contribution in [-0.2, 0) is 57.2 Å². The second kappa shape index (κ2) is 118. The van der Waals surface area contributed by atoms with E-state index in [1.54, 1.807) is 0 Å². The molecule has 856 valence electrons. The lowest BCUT2D eigenvalue weighted by Gasteiger charge is -2.35. The normalized spacial score (nSPS) is 12.1. The summed E-state index contributed by atoms with van der Waals surface area (Å²) in [7, 11) is 4.59. The first-order valence-corrected chi connectivity index (χ1v) is 64.6. The van der Waals surface area contributed by atoms with Crippen LogP contribution in [0, 0.1) is 0 Å². The Morgan fingerprint density at radius 2 is 0.264 bits per heavy atom. The van der Waals surface area contributed by atoms with Crippen LogP contribution in [0.1, 0.15) is 659 Å². The van der Waals surface area contributed by atoms with Crippen molar-refractivity contribution in [3.05, 3.63) is 0 Å². The van der Waals surface area contributed by atoms with Gasteiger partial charge >= 0.3 is 35.8 Å². The molecule has 0 aliphatic carbocycles. The monoisotopic (exact) mass is 2040 g/mol. The van der Waals surface area contributed by atoms with E-state index in [1.807, 2.05) is 0 Å². The molecule has 0 aromatic heterocycles. The second-order valence-electron chi connectivity index (χ2n) is 45.4. The number of carbonyl (C=O) groups is 6. The molecule has 1 unspecified atom stereocenters. The van der Waals surface area contributed by atoms with Gasteiger partial charge in [-0.1, -0.05) is 550 Å². The van der Waals surface area contributed by atoms with Gasteiger partial charge in [0, 0.05) is 84.1 Å². The maximum absolute atomic E-state index is 12.8. The van der Waals surface area contributed by atoms with E-state index in [0.29, 0.717) is 109 Å². The third-order valence-corrected chi connectivity index (χ3v) is 30.8. The van der Waals surface area contributed by atoms with Crippen molar-refractivity contribution in [1.82, 2.24) is 9.80 Å². The zero-order valence-electron chi connectivity index (χ0n) is 98.9. The van der Waals surface area contributed by atoms with Crippen molar-refractivity contribution in [2.75, 3.05) is 132 Å². The molecular formula is C128H254N4O12+2. The molecule has 0 fully saturated rings. The van der Waals surface area contributed by atoms with Crippen molar-refractivity contribution >= 4 is 35.8 Å². The van der Waals surface area contributed by atoms with Crippen molar-refractivity contribution in [1.29, 1.82) is 0 Å². The van der Waals surface area contributed by atoms with Gasteiger partial charge in [-0.15, -0.1) is 0 Å². The van der Waals surface area contributed by atoms with Gasteiger partial charge in [-0.3, -0.25) is 38.6 Å². The van der Waals surface area contributed by atoms with Crippen LogP contribution in [0.3, 0.4) is 0 Å². The Morgan fingerprint density at radius 3 is 0.444 bits per heavy atom. The summed E-state index contributed by atoms with van der Waals surface area (Å²) >= 11 is 0. The van der Waals surface area contributed by atoms with Crippen LogP contribution in [0.25, 0.3) is 0 Å². The van der Waals surface area contributed by atoms with Gasteiger partial charge in [0.1, 0.15) is 59.3 Å². The van der Waals surface area contributed by atoms with Crippen molar-refractivity contribution in [3.63, 3.8) is 0 Å². The largest absolute Gasteiger partial charge is 0.464 e. The molecule has 16 heteroatoms. The third-order valence-electron chi connectivity index (χ3n) is 30.8. The van der Waals surface area contributed by atoms with Gasteiger partial charge in [-0.2, -0.15) is 0 Å². The fourth-order valence-electron chi connectivity index (χ4n) is 20.5. The molecule has 144 heavy (non-hydrogen) atoms. The summed E-state index contributed by atoms with van der Waals surface area (Å²) < 4.78 is 36.5. The maximum Gasteiger partial charge on any atom is 0.305 e. The first kappa shape index (κ1) is 143. The number of nitrogens with zero attached hydrogens (tertiary/aromatic N) is 4. The summed E-state index contributed by atoms with van der Waals surface area (Å²) in [4.78, 5) is 81.5. The lowest BCUT2D eigenvalue weighted by molar-refractivity contribution is -0.910. The zero-order valence-corrected chi connectivity index (χ0v) is 98.9. The molecule has 0 bridgehead atoms. The van der Waals surface area contributed by atoms with Gasteiger partial charge in [-0.25, -0.2) is 0 Å². The smallest absolute Gasteiger partial charge is 0.305 e. The van der Waals surface area contributed by atoms with Gasteiger partial charge in [0.15, 0.2) is 0 Å². The molecule has 0 heterocycles. The zero-order chi connectivity index (χ0) is 105. The lowest BCUT2D eigenvalue weighted by atomic mass is 10.0. The summed E-state index contributed by atoms with van der Waals surface area (Å²) in [6.07, 6.45) is 115. The van der Waals surface area contributed by atoms with Gasteiger partial charge in [0.05, 0.1) is 33.7 Å². The van der Waals surface area contributed by atoms with E-state index >= 15 is 0 Å². The van der Waals surface area contributed by atoms with Crippen LogP contribution < -0.4 is 0 Å². The molecular weight excluding hydrogens is 1790 g/mol. The predicted molar refractivity (Wildman–Crippen MR) is 620 cm³/mol. The van der Waals surface area contributed by atoms with Crippen LogP contribution in [0.15, 0.2) is 0 Å². The Bertz CT molecular complexity index is 2530. The van der Waals surface area contributed by atoms with E-state index in [0.717, 1.165) is 147 Å². The van der Waals surface area contributed by atoms with Gasteiger partial charge in [0.2, 0.25) is 0 Å². The fraction of sp³-hybridized carbons (Fsp3) is 0.953. The average molecular weight is 2040 g/mol. The first-order chi connectivity index (χ1) is 70.6. The molecule has 1 atom stereocenters. The van der Waals surface area contributed by atoms with Gasteiger partial charge in [0.25, 0.3) is 0 Å². The SMILES string of the molecule is CCCCCCCCCCCCCCCCCCN(CCC[N+](C)(CCOC(=O)CCCCCCCCCCC)CCOC(=O)CCCCCCCCCCC)CCOC(=O)CCCCCCCCCCC.CCCCCCCCCCCCCCCCCC[N+](C)(CCCN(CCOC(=O)CCCCCCCCCCC)CCOC(=O)CCCCCCCCCCC)CCOC(=O)CCCCCCCCCCC. The van der Waals surface area contributed by atoms with E-state index in [9.17, 15) is 28.8 Å². The fourth-order valence-corrected chi connectivity index (χ4v) is 20.5. The van der Waals surface area contributed by atoms with Crippen LogP contribution in [-0.4, -0.2) is 187 Å². The van der Waals surface area contributed by atoms with Crippen LogP contribution >= 0.6 is 0 Å². The van der Waals surface area contributed by atoms with Gasteiger partial charge in [-0.05, 0) is 64.3 Å². The van der Waals surface area contributed by atoms with Crippen LogP contribution in [0.2, 0.25) is 0 Å². The van der Waals surface area contributed by atoms with Crippen molar-refractivity contribution in [2.24, 2.45) is 0 Å². The number of quaternary nitrogens is 2. The van der Waals surface area contributed by atoms with Gasteiger partial charge < -0.3 is 37.4 Å². The molecule has 0 spiro atoms. The molecule has 0 aliphatic rings. The highest BCUT2D eigenvalue weighted by Gasteiger charge is 2.26.